The van der Waals surface area contributed by atoms with Crippen molar-refractivity contribution in [3.05, 3.63) is 53.1 Å². The molecule has 1 heterocycles. The summed E-state index contributed by atoms with van der Waals surface area (Å²) in [5.41, 5.74) is 3.97. The Balaban J connectivity index is 1.63. The second-order valence-electron chi connectivity index (χ2n) is 7.16. The lowest BCUT2D eigenvalue weighted by atomic mass is 10.1. The van der Waals surface area contributed by atoms with Gasteiger partial charge in [0.2, 0.25) is 11.8 Å². The Morgan fingerprint density at radius 3 is 2.39 bits per heavy atom. The Morgan fingerprint density at radius 1 is 1.07 bits per heavy atom. The number of anilines is 1. The highest BCUT2D eigenvalue weighted by molar-refractivity contribution is 6.00. The van der Waals surface area contributed by atoms with E-state index in [2.05, 4.69) is 11.4 Å². The topological polar surface area (TPSA) is 67.9 Å². The first-order valence-electron chi connectivity index (χ1n) is 9.28. The summed E-state index contributed by atoms with van der Waals surface area (Å²) in [6.07, 6.45) is 0.227. The monoisotopic (exact) mass is 382 g/mol. The summed E-state index contributed by atoms with van der Waals surface area (Å²) in [5, 5.41) is 2.93. The maximum absolute atomic E-state index is 12.6. The fourth-order valence-electron chi connectivity index (χ4n) is 3.56. The van der Waals surface area contributed by atoms with Crippen molar-refractivity contribution in [1.82, 2.24) is 5.32 Å². The van der Waals surface area contributed by atoms with Crippen molar-refractivity contribution in [2.45, 2.75) is 26.8 Å². The Bertz CT molecular complexity index is 874. The highest BCUT2D eigenvalue weighted by atomic mass is 16.5. The average molecular weight is 382 g/mol. The third-order valence-electron chi connectivity index (χ3n) is 4.93. The predicted octanol–water partition coefficient (Wildman–Crippen LogP) is 2.99. The Labute approximate surface area is 165 Å². The zero-order valence-corrected chi connectivity index (χ0v) is 16.7. The summed E-state index contributed by atoms with van der Waals surface area (Å²) < 4.78 is 10.5. The Kier molecular flexibility index (Phi) is 5.87. The molecule has 6 nitrogen and oxygen atoms in total. The first kappa shape index (κ1) is 19.7. The zero-order valence-electron chi connectivity index (χ0n) is 16.7. The maximum atomic E-state index is 12.6. The van der Waals surface area contributed by atoms with Crippen molar-refractivity contribution < 1.29 is 19.1 Å². The fraction of sp³-hybridized carbons (Fsp3) is 0.364. The quantitative estimate of drug-likeness (QED) is 0.834. The maximum Gasteiger partial charge on any atom is 0.227 e. The molecular formula is C22H26N2O4. The van der Waals surface area contributed by atoms with Gasteiger partial charge in [0.25, 0.3) is 0 Å². The van der Waals surface area contributed by atoms with Crippen molar-refractivity contribution in [2.24, 2.45) is 5.92 Å². The second-order valence-corrected chi connectivity index (χ2v) is 7.16. The van der Waals surface area contributed by atoms with Crippen molar-refractivity contribution >= 4 is 17.5 Å². The molecule has 2 amide bonds. The fourth-order valence-corrected chi connectivity index (χ4v) is 3.56. The predicted molar refractivity (Wildman–Crippen MR) is 108 cm³/mol. The SMILES string of the molecule is COc1ccc(CNC(=O)C2CC(=O)N(c3cc(C)cc(C)c3)C2)cc1OC. The van der Waals surface area contributed by atoms with Crippen LogP contribution in [0.3, 0.4) is 0 Å². The van der Waals surface area contributed by atoms with Crippen LogP contribution in [0.15, 0.2) is 36.4 Å². The minimum absolute atomic E-state index is 0.0173. The van der Waals surface area contributed by atoms with Gasteiger partial charge < -0.3 is 19.7 Å². The van der Waals surface area contributed by atoms with Crippen LogP contribution in [0.5, 0.6) is 11.5 Å². The van der Waals surface area contributed by atoms with Gasteiger partial charge in [0.15, 0.2) is 11.5 Å². The van der Waals surface area contributed by atoms with Crippen LogP contribution in [0.4, 0.5) is 5.69 Å². The van der Waals surface area contributed by atoms with Gasteiger partial charge in [-0.25, -0.2) is 0 Å². The van der Waals surface area contributed by atoms with E-state index in [0.717, 1.165) is 22.4 Å². The number of nitrogens with zero attached hydrogens (tertiary/aromatic N) is 1. The van der Waals surface area contributed by atoms with Crippen LogP contribution in [-0.4, -0.2) is 32.6 Å². The normalized spacial score (nSPS) is 16.2. The summed E-state index contributed by atoms with van der Waals surface area (Å²) in [5.74, 6) is 0.772. The van der Waals surface area contributed by atoms with E-state index >= 15 is 0 Å². The van der Waals surface area contributed by atoms with Gasteiger partial charge in [-0.1, -0.05) is 12.1 Å². The number of carbonyl (C=O) groups excluding carboxylic acids is 2. The molecule has 6 heteroatoms. The molecule has 1 aliphatic heterocycles. The van der Waals surface area contributed by atoms with Gasteiger partial charge in [0, 0.05) is 25.2 Å². The summed E-state index contributed by atoms with van der Waals surface area (Å²) in [6.45, 7) is 4.78. The second kappa shape index (κ2) is 8.33. The minimum atomic E-state index is -0.353. The largest absolute Gasteiger partial charge is 0.493 e. The van der Waals surface area contributed by atoms with Gasteiger partial charge >= 0.3 is 0 Å². The van der Waals surface area contributed by atoms with E-state index < -0.39 is 0 Å². The van der Waals surface area contributed by atoms with Gasteiger partial charge in [0.1, 0.15) is 0 Å². The third-order valence-corrected chi connectivity index (χ3v) is 4.93. The van der Waals surface area contributed by atoms with Crippen molar-refractivity contribution in [3.63, 3.8) is 0 Å². The Hall–Kier alpha value is -3.02. The molecule has 0 saturated carbocycles. The molecule has 2 aromatic rings. The summed E-state index contributed by atoms with van der Waals surface area (Å²) in [6, 6.07) is 11.5. The molecule has 0 bridgehead atoms. The molecule has 1 fully saturated rings. The Morgan fingerprint density at radius 2 is 1.75 bits per heavy atom. The van der Waals surface area contributed by atoms with Crippen LogP contribution in [-0.2, 0) is 16.1 Å². The standard InChI is InChI=1S/C22H26N2O4/c1-14-7-15(2)9-18(8-14)24-13-17(11-21(24)25)22(26)23-12-16-5-6-19(27-3)20(10-16)28-4/h5-10,17H,11-13H2,1-4H3,(H,23,26). The molecule has 0 spiro atoms. The summed E-state index contributed by atoms with van der Waals surface area (Å²) >= 11 is 0. The van der Waals surface area contributed by atoms with Crippen LogP contribution in [0.1, 0.15) is 23.1 Å². The molecule has 0 aliphatic carbocycles. The van der Waals surface area contributed by atoms with E-state index in [4.69, 9.17) is 9.47 Å². The van der Waals surface area contributed by atoms with Crippen LogP contribution >= 0.6 is 0 Å². The van der Waals surface area contributed by atoms with E-state index in [9.17, 15) is 9.59 Å². The number of methoxy groups -OCH3 is 2. The van der Waals surface area contributed by atoms with Crippen molar-refractivity contribution in [2.75, 3.05) is 25.7 Å². The molecule has 0 radical (unpaired) electrons. The summed E-state index contributed by atoms with van der Waals surface area (Å²) in [4.78, 5) is 26.8. The molecule has 28 heavy (non-hydrogen) atoms. The molecule has 1 saturated heterocycles. The lowest BCUT2D eigenvalue weighted by Crippen LogP contribution is -2.32. The molecule has 1 N–H and O–H groups in total. The van der Waals surface area contributed by atoms with Gasteiger partial charge in [0.05, 0.1) is 20.1 Å². The number of hydrogen-bond donors (Lipinski definition) is 1. The lowest BCUT2D eigenvalue weighted by Gasteiger charge is -2.18. The van der Waals surface area contributed by atoms with E-state index in [0.29, 0.717) is 24.6 Å². The molecule has 1 unspecified atom stereocenters. The number of benzene rings is 2. The zero-order chi connectivity index (χ0) is 20.3. The number of rotatable bonds is 6. The average Bonchev–Trinajstić information content (AvgIpc) is 3.07. The highest BCUT2D eigenvalue weighted by Crippen LogP contribution is 2.29. The van der Waals surface area contributed by atoms with E-state index in [1.54, 1.807) is 25.2 Å². The lowest BCUT2D eigenvalue weighted by molar-refractivity contribution is -0.126. The van der Waals surface area contributed by atoms with Crippen LogP contribution < -0.4 is 19.7 Å². The molecule has 2 aromatic carbocycles. The molecule has 1 atom stereocenters. The minimum Gasteiger partial charge on any atom is -0.493 e. The highest BCUT2D eigenvalue weighted by Gasteiger charge is 2.35. The number of aryl methyl sites for hydroxylation is 2. The molecule has 148 valence electrons. The number of amides is 2. The molecule has 1 aliphatic rings. The van der Waals surface area contributed by atoms with Gasteiger partial charge in [-0.05, 0) is 54.8 Å². The van der Waals surface area contributed by atoms with Crippen LogP contribution in [0.2, 0.25) is 0 Å². The van der Waals surface area contributed by atoms with Crippen LogP contribution in [0, 0.1) is 19.8 Å². The first-order valence-corrected chi connectivity index (χ1v) is 9.28. The number of ether oxygens (including phenoxy) is 2. The molecule has 3 rings (SSSR count). The van der Waals surface area contributed by atoms with E-state index in [1.165, 1.54) is 0 Å². The smallest absolute Gasteiger partial charge is 0.227 e. The van der Waals surface area contributed by atoms with Crippen molar-refractivity contribution in [1.29, 1.82) is 0 Å². The number of hydrogen-bond acceptors (Lipinski definition) is 4. The van der Waals surface area contributed by atoms with Gasteiger partial charge in [-0.3, -0.25) is 9.59 Å². The summed E-state index contributed by atoms with van der Waals surface area (Å²) in [7, 11) is 3.16. The molecular weight excluding hydrogens is 356 g/mol. The van der Waals surface area contributed by atoms with Crippen LogP contribution in [0.25, 0.3) is 0 Å². The van der Waals surface area contributed by atoms with E-state index in [1.807, 2.05) is 38.1 Å². The van der Waals surface area contributed by atoms with Gasteiger partial charge in [-0.15, -0.1) is 0 Å². The van der Waals surface area contributed by atoms with E-state index in [-0.39, 0.29) is 24.2 Å². The third kappa shape index (κ3) is 4.27. The number of nitrogens with one attached hydrogen (secondary N) is 1. The molecule has 0 aromatic heterocycles. The first-order chi connectivity index (χ1) is 13.4. The number of carbonyl (C=O) groups is 2. The van der Waals surface area contributed by atoms with Gasteiger partial charge in [-0.2, -0.15) is 0 Å². The van der Waals surface area contributed by atoms with Crippen molar-refractivity contribution in [3.8, 4) is 11.5 Å².